The second-order valence-electron chi connectivity index (χ2n) is 4.67. The normalized spacial score (nSPS) is 29.8. The Morgan fingerprint density at radius 1 is 1.53 bits per heavy atom. The number of anilines is 1. The molecule has 2 aliphatic rings. The number of fused-ring (bicyclic) bond motifs is 1. The Morgan fingerprint density at radius 2 is 2.29 bits per heavy atom. The highest BCUT2D eigenvalue weighted by Crippen LogP contribution is 2.57. The van der Waals surface area contributed by atoms with Crippen LogP contribution in [0.5, 0.6) is 6.01 Å². The first-order valence-electron chi connectivity index (χ1n) is 6.15. The first-order valence-corrected chi connectivity index (χ1v) is 6.15. The summed E-state index contributed by atoms with van der Waals surface area (Å²) in [6.07, 6.45) is 3.67. The predicted molar refractivity (Wildman–Crippen MR) is 60.5 cm³/mol. The van der Waals surface area contributed by atoms with Gasteiger partial charge in [-0.25, -0.2) is 5.10 Å². The molecule has 2 unspecified atom stereocenters. The van der Waals surface area contributed by atoms with Gasteiger partial charge in [0.15, 0.2) is 0 Å². The Morgan fingerprint density at radius 3 is 3.00 bits per heavy atom. The van der Waals surface area contributed by atoms with Gasteiger partial charge in [0, 0.05) is 5.92 Å². The fourth-order valence-corrected chi connectivity index (χ4v) is 2.91. The monoisotopic (exact) mass is 236 g/mol. The second-order valence-corrected chi connectivity index (χ2v) is 4.67. The molecule has 6 nitrogen and oxygen atoms in total. The number of carbonyl (C=O) groups excluding carboxylic acids is 1. The van der Waals surface area contributed by atoms with E-state index in [0.29, 0.717) is 24.4 Å². The summed E-state index contributed by atoms with van der Waals surface area (Å²) in [5.74, 6) is 1.88. The van der Waals surface area contributed by atoms with E-state index in [4.69, 9.17) is 4.74 Å². The zero-order valence-electron chi connectivity index (χ0n) is 9.77. The Bertz CT molecular complexity index is 421. The maximum Gasteiger partial charge on any atom is 0.337 e. The van der Waals surface area contributed by atoms with E-state index >= 15 is 0 Å². The summed E-state index contributed by atoms with van der Waals surface area (Å²) in [6.45, 7) is 2.37. The number of H-pyrrole nitrogens is 1. The lowest BCUT2D eigenvalue weighted by atomic mass is 10.1. The molecule has 0 saturated heterocycles. The van der Waals surface area contributed by atoms with Gasteiger partial charge in [-0.05, 0) is 31.6 Å². The highest BCUT2D eigenvalue weighted by Gasteiger charge is 2.56. The van der Waals surface area contributed by atoms with Crippen molar-refractivity contribution in [3.63, 3.8) is 0 Å². The zero-order chi connectivity index (χ0) is 11.8. The van der Waals surface area contributed by atoms with Crippen LogP contribution in [0.1, 0.15) is 26.2 Å². The smallest absolute Gasteiger partial charge is 0.337 e. The van der Waals surface area contributed by atoms with Gasteiger partial charge in [0.05, 0.1) is 6.61 Å². The standard InChI is InChI=1S/C11H16N4O2/c1-2-17-11-13-10(14-15-11)12-9(16)8-6-4-3-5-7(6)8/h6-8H,2-5H2,1H3,(H2,12,13,14,15,16). The topological polar surface area (TPSA) is 79.9 Å². The van der Waals surface area contributed by atoms with Gasteiger partial charge in [-0.15, -0.1) is 5.10 Å². The number of nitrogens with zero attached hydrogens (tertiary/aromatic N) is 2. The minimum atomic E-state index is 0.0684. The van der Waals surface area contributed by atoms with Gasteiger partial charge in [-0.2, -0.15) is 4.98 Å². The molecule has 0 bridgehead atoms. The molecule has 2 atom stereocenters. The average Bonchev–Trinajstić information content (AvgIpc) is 2.69. The SMILES string of the molecule is CCOc1n[nH]c(NC(=O)C2C3CCCC32)n1. The molecule has 1 aromatic rings. The molecular formula is C11H16N4O2. The number of aromatic amines is 1. The summed E-state index contributed by atoms with van der Waals surface area (Å²) >= 11 is 0. The number of ether oxygens (including phenoxy) is 1. The van der Waals surface area contributed by atoms with Crippen LogP contribution >= 0.6 is 0 Å². The lowest BCUT2D eigenvalue weighted by Gasteiger charge is -2.02. The van der Waals surface area contributed by atoms with Gasteiger partial charge in [0.1, 0.15) is 0 Å². The quantitative estimate of drug-likeness (QED) is 0.822. The minimum Gasteiger partial charge on any atom is -0.463 e. The number of hydrogen-bond acceptors (Lipinski definition) is 4. The molecule has 17 heavy (non-hydrogen) atoms. The maximum absolute atomic E-state index is 11.9. The lowest BCUT2D eigenvalue weighted by molar-refractivity contribution is -0.118. The van der Waals surface area contributed by atoms with E-state index in [-0.39, 0.29) is 17.8 Å². The first kappa shape index (κ1) is 10.6. The van der Waals surface area contributed by atoms with Crippen molar-refractivity contribution in [2.45, 2.75) is 26.2 Å². The first-order chi connectivity index (χ1) is 8.29. The van der Waals surface area contributed by atoms with Crippen molar-refractivity contribution in [1.82, 2.24) is 15.2 Å². The Balaban J connectivity index is 1.57. The van der Waals surface area contributed by atoms with Crippen LogP contribution in [0.25, 0.3) is 0 Å². The minimum absolute atomic E-state index is 0.0684. The summed E-state index contributed by atoms with van der Waals surface area (Å²) in [5.41, 5.74) is 0. The molecule has 0 spiro atoms. The van der Waals surface area contributed by atoms with Crippen LogP contribution in [-0.4, -0.2) is 27.7 Å². The van der Waals surface area contributed by atoms with Crippen molar-refractivity contribution in [2.75, 3.05) is 11.9 Å². The summed E-state index contributed by atoms with van der Waals surface area (Å²) < 4.78 is 5.11. The van der Waals surface area contributed by atoms with Crippen LogP contribution in [0.3, 0.4) is 0 Å². The number of amides is 1. The van der Waals surface area contributed by atoms with Crippen molar-refractivity contribution in [1.29, 1.82) is 0 Å². The van der Waals surface area contributed by atoms with Crippen molar-refractivity contribution < 1.29 is 9.53 Å². The highest BCUT2D eigenvalue weighted by molar-refractivity contribution is 5.93. The molecule has 1 aromatic heterocycles. The van der Waals surface area contributed by atoms with Crippen LogP contribution < -0.4 is 10.1 Å². The van der Waals surface area contributed by atoms with Gasteiger partial charge in [-0.1, -0.05) is 6.42 Å². The van der Waals surface area contributed by atoms with Crippen LogP contribution in [0.4, 0.5) is 5.95 Å². The molecule has 92 valence electrons. The molecule has 1 amide bonds. The Kier molecular flexibility index (Phi) is 2.49. The van der Waals surface area contributed by atoms with Crippen LogP contribution in [0, 0.1) is 17.8 Å². The molecule has 2 saturated carbocycles. The number of hydrogen-bond donors (Lipinski definition) is 2. The van der Waals surface area contributed by atoms with Gasteiger partial charge >= 0.3 is 6.01 Å². The molecule has 2 fully saturated rings. The maximum atomic E-state index is 11.9. The predicted octanol–water partition coefficient (Wildman–Crippen LogP) is 1.19. The third kappa shape index (κ3) is 1.87. The number of carbonyl (C=O) groups is 1. The largest absolute Gasteiger partial charge is 0.463 e. The molecule has 6 heteroatoms. The third-order valence-electron chi connectivity index (χ3n) is 3.69. The van der Waals surface area contributed by atoms with Gasteiger partial charge in [0.25, 0.3) is 0 Å². The summed E-state index contributed by atoms with van der Waals surface area (Å²) in [6, 6.07) is 0.277. The number of rotatable bonds is 4. The Labute approximate surface area is 99.1 Å². The average molecular weight is 236 g/mol. The van der Waals surface area contributed by atoms with E-state index < -0.39 is 0 Å². The second kappa shape index (κ2) is 4.01. The van der Waals surface area contributed by atoms with Crippen LogP contribution in [-0.2, 0) is 4.79 Å². The summed E-state index contributed by atoms with van der Waals surface area (Å²) in [5, 5.41) is 9.25. The van der Waals surface area contributed by atoms with E-state index in [1.54, 1.807) is 0 Å². The highest BCUT2D eigenvalue weighted by atomic mass is 16.5. The lowest BCUT2D eigenvalue weighted by Crippen LogP contribution is -2.17. The molecule has 3 rings (SSSR count). The van der Waals surface area contributed by atoms with Crippen LogP contribution in [0.15, 0.2) is 0 Å². The van der Waals surface area contributed by atoms with Crippen molar-refractivity contribution in [3.8, 4) is 6.01 Å². The number of aromatic nitrogens is 3. The fraction of sp³-hybridized carbons (Fsp3) is 0.727. The Hall–Kier alpha value is -1.59. The van der Waals surface area contributed by atoms with E-state index in [2.05, 4.69) is 20.5 Å². The summed E-state index contributed by atoms with van der Waals surface area (Å²) in [7, 11) is 0. The molecular weight excluding hydrogens is 220 g/mol. The van der Waals surface area contributed by atoms with Crippen molar-refractivity contribution in [3.05, 3.63) is 0 Å². The van der Waals surface area contributed by atoms with Gasteiger partial charge < -0.3 is 4.74 Å². The third-order valence-corrected chi connectivity index (χ3v) is 3.69. The van der Waals surface area contributed by atoms with Crippen molar-refractivity contribution in [2.24, 2.45) is 17.8 Å². The van der Waals surface area contributed by atoms with E-state index in [1.165, 1.54) is 19.3 Å². The zero-order valence-corrected chi connectivity index (χ0v) is 9.77. The van der Waals surface area contributed by atoms with Crippen LogP contribution in [0.2, 0.25) is 0 Å². The van der Waals surface area contributed by atoms with Crippen molar-refractivity contribution >= 4 is 11.9 Å². The molecule has 0 aromatic carbocycles. The van der Waals surface area contributed by atoms with E-state index in [1.807, 2.05) is 6.92 Å². The summed E-state index contributed by atoms with van der Waals surface area (Å²) in [4.78, 5) is 15.9. The molecule has 2 N–H and O–H groups in total. The number of nitrogens with one attached hydrogen (secondary N) is 2. The van der Waals surface area contributed by atoms with E-state index in [9.17, 15) is 4.79 Å². The molecule has 1 heterocycles. The van der Waals surface area contributed by atoms with Gasteiger partial charge in [-0.3, -0.25) is 10.1 Å². The fourth-order valence-electron chi connectivity index (χ4n) is 2.91. The molecule has 2 aliphatic carbocycles. The molecule has 0 radical (unpaired) electrons. The van der Waals surface area contributed by atoms with Gasteiger partial charge in [0.2, 0.25) is 11.9 Å². The van der Waals surface area contributed by atoms with E-state index in [0.717, 1.165) is 0 Å². The molecule has 0 aliphatic heterocycles.